The van der Waals surface area contributed by atoms with E-state index in [1.54, 1.807) is 0 Å². The van der Waals surface area contributed by atoms with Gasteiger partial charge >= 0.3 is 16.4 Å². The van der Waals surface area contributed by atoms with Gasteiger partial charge in [-0.25, -0.2) is 25.8 Å². The van der Waals surface area contributed by atoms with E-state index in [9.17, 15) is 45.4 Å². The van der Waals surface area contributed by atoms with Crippen molar-refractivity contribution in [1.29, 1.82) is 0 Å². The average Bonchev–Trinajstić information content (AvgIpc) is 2.91. The molecule has 0 aliphatic heterocycles. The molecule has 4 N–H and O–H groups in total. The maximum Gasteiger partial charge on any atom is 0.397 e. The number of hydrogen-bond acceptors (Lipinski definition) is 14. The summed E-state index contributed by atoms with van der Waals surface area (Å²) in [6.45, 7) is 2.39. The van der Waals surface area contributed by atoms with Crippen LogP contribution in [0.2, 0.25) is 0 Å². The molecule has 0 saturated carbocycles. The SMILES string of the molecule is C=CS(=O)(=O)c1ccc(N=Nc2c(O)cc(C(=O)O)c(N=Nc3ccc(S(=O)(=O)CCOS(=O)(=O)O)cc3)c2O)cc1. The first-order chi connectivity index (χ1) is 19.5. The Hall–Kier alpha value is -4.56. The van der Waals surface area contributed by atoms with Gasteiger partial charge in [-0.2, -0.15) is 18.6 Å². The summed E-state index contributed by atoms with van der Waals surface area (Å²) in [5, 5.41) is 46.2. The molecular weight excluding hydrogens is 620 g/mol. The summed E-state index contributed by atoms with van der Waals surface area (Å²) in [7, 11) is -12.5. The second kappa shape index (κ2) is 12.5. The van der Waals surface area contributed by atoms with Crippen LogP contribution in [-0.2, 0) is 34.3 Å². The van der Waals surface area contributed by atoms with Crippen LogP contribution in [0.3, 0.4) is 0 Å². The third-order valence-electron chi connectivity index (χ3n) is 5.15. The van der Waals surface area contributed by atoms with Crippen LogP contribution >= 0.6 is 0 Å². The highest BCUT2D eigenvalue weighted by molar-refractivity contribution is 7.94. The number of carboxylic acids is 1. The summed E-state index contributed by atoms with van der Waals surface area (Å²) < 4.78 is 82.0. The van der Waals surface area contributed by atoms with Gasteiger partial charge in [-0.15, -0.1) is 10.2 Å². The first-order valence-electron chi connectivity index (χ1n) is 11.1. The van der Waals surface area contributed by atoms with Crippen molar-refractivity contribution in [1.82, 2.24) is 0 Å². The highest BCUT2D eigenvalue weighted by Gasteiger charge is 2.22. The van der Waals surface area contributed by atoms with Gasteiger partial charge < -0.3 is 15.3 Å². The molecule has 3 aromatic rings. The van der Waals surface area contributed by atoms with E-state index >= 15 is 0 Å². The zero-order valence-corrected chi connectivity index (χ0v) is 23.4. The predicted octanol–water partition coefficient (Wildman–Crippen LogP) is 4.14. The molecule has 0 spiro atoms. The number of azo groups is 2. The number of phenols is 2. The second-order valence-electron chi connectivity index (χ2n) is 7.96. The normalized spacial score (nSPS) is 12.6. The summed E-state index contributed by atoms with van der Waals surface area (Å²) >= 11 is 0. The fraction of sp³-hybridized carbons (Fsp3) is 0.0870. The van der Waals surface area contributed by atoms with E-state index in [0.717, 1.165) is 23.6 Å². The molecule has 0 bridgehead atoms. The molecule has 0 aliphatic carbocycles. The van der Waals surface area contributed by atoms with E-state index < -0.39 is 76.8 Å². The number of benzene rings is 3. The summed E-state index contributed by atoms with van der Waals surface area (Å²) in [6.07, 6.45) is 0. The maximum absolute atomic E-state index is 12.3. The highest BCUT2D eigenvalue weighted by Crippen LogP contribution is 2.46. The van der Waals surface area contributed by atoms with E-state index in [1.807, 2.05) is 0 Å². The largest absolute Gasteiger partial charge is 0.505 e. The van der Waals surface area contributed by atoms with Crippen molar-refractivity contribution in [3.8, 4) is 11.5 Å². The zero-order valence-electron chi connectivity index (χ0n) is 21.0. The Morgan fingerprint density at radius 1 is 0.810 bits per heavy atom. The Balaban J connectivity index is 1.90. The Bertz CT molecular complexity index is 1900. The number of rotatable bonds is 12. The van der Waals surface area contributed by atoms with Crippen molar-refractivity contribution in [2.45, 2.75) is 9.79 Å². The smallest absolute Gasteiger partial charge is 0.397 e. The molecule has 222 valence electrons. The van der Waals surface area contributed by atoms with Gasteiger partial charge in [0.25, 0.3) is 0 Å². The van der Waals surface area contributed by atoms with Crippen LogP contribution in [0.1, 0.15) is 10.4 Å². The highest BCUT2D eigenvalue weighted by atomic mass is 32.3. The molecule has 0 aromatic heterocycles. The average molecular weight is 641 g/mol. The van der Waals surface area contributed by atoms with Gasteiger partial charge in [-0.3, -0.25) is 4.55 Å². The molecule has 0 heterocycles. The molecule has 0 radical (unpaired) electrons. The van der Waals surface area contributed by atoms with Crippen molar-refractivity contribution in [2.75, 3.05) is 12.4 Å². The quantitative estimate of drug-likeness (QED) is 0.161. The van der Waals surface area contributed by atoms with Crippen molar-refractivity contribution < 1.29 is 54.1 Å². The van der Waals surface area contributed by atoms with Crippen LogP contribution in [0.4, 0.5) is 22.7 Å². The Kier molecular flexibility index (Phi) is 9.53. The van der Waals surface area contributed by atoms with Gasteiger partial charge in [0.1, 0.15) is 11.4 Å². The number of carboxylic acid groups (broad SMARTS) is 1. The van der Waals surface area contributed by atoms with E-state index in [0.29, 0.717) is 0 Å². The third-order valence-corrected chi connectivity index (χ3v) is 8.68. The number of aromatic hydroxyl groups is 2. The summed E-state index contributed by atoms with van der Waals surface area (Å²) in [5.41, 5.74) is -1.75. The molecule has 0 aliphatic rings. The van der Waals surface area contributed by atoms with Crippen molar-refractivity contribution >= 4 is 58.8 Å². The fourth-order valence-electron chi connectivity index (χ4n) is 3.10. The maximum atomic E-state index is 12.3. The minimum atomic E-state index is -4.82. The van der Waals surface area contributed by atoms with Gasteiger partial charge in [-0.05, 0) is 54.6 Å². The lowest BCUT2D eigenvalue weighted by Crippen LogP contribution is -2.15. The number of aromatic carboxylic acids is 1. The molecule has 0 amide bonds. The number of sulfone groups is 2. The lowest BCUT2D eigenvalue weighted by molar-refractivity contribution is 0.0696. The summed E-state index contributed by atoms with van der Waals surface area (Å²) in [5.74, 6) is -4.05. The first-order valence-corrected chi connectivity index (χ1v) is 15.7. The van der Waals surface area contributed by atoms with Gasteiger partial charge in [0.15, 0.2) is 31.1 Å². The van der Waals surface area contributed by atoms with Crippen LogP contribution in [0.5, 0.6) is 11.5 Å². The van der Waals surface area contributed by atoms with Crippen LogP contribution < -0.4 is 0 Å². The lowest BCUT2D eigenvalue weighted by Gasteiger charge is -2.08. The van der Waals surface area contributed by atoms with Crippen molar-refractivity contribution in [3.63, 3.8) is 0 Å². The van der Waals surface area contributed by atoms with Gasteiger partial charge in [0.2, 0.25) is 0 Å². The molecule has 0 atom stereocenters. The standard InChI is InChI=1S/C23H20N4O12S3/c1-2-40(32,33)16-7-3-15(4-8-16)25-27-21-19(28)13-18(23(30)31)20(22(21)29)26-24-14-5-9-17(10-6-14)41(34,35)12-11-39-42(36,37)38/h2-10,13,28-29H,1,11-12H2,(H,30,31)(H,36,37,38). The van der Waals surface area contributed by atoms with Crippen molar-refractivity contribution in [3.05, 3.63) is 72.1 Å². The number of phenolic OH excluding ortho intramolecular Hbond substituents is 2. The van der Waals surface area contributed by atoms with Gasteiger partial charge in [0.05, 0.1) is 39.1 Å². The molecule has 42 heavy (non-hydrogen) atoms. The minimum Gasteiger partial charge on any atom is -0.505 e. The zero-order chi connectivity index (χ0) is 31.3. The fourth-order valence-corrected chi connectivity index (χ4v) is 5.30. The van der Waals surface area contributed by atoms with E-state index in [-0.39, 0.29) is 21.2 Å². The molecule has 3 rings (SSSR count). The summed E-state index contributed by atoms with van der Waals surface area (Å²) in [6, 6.07) is 10.3. The summed E-state index contributed by atoms with van der Waals surface area (Å²) in [4.78, 5) is 11.4. The van der Waals surface area contributed by atoms with E-state index in [1.165, 1.54) is 36.4 Å². The Morgan fingerprint density at radius 3 is 1.79 bits per heavy atom. The molecule has 19 heteroatoms. The Labute approximate surface area is 238 Å². The number of nitrogens with zero attached hydrogens (tertiary/aromatic N) is 4. The number of carbonyl (C=O) groups is 1. The Morgan fingerprint density at radius 2 is 1.31 bits per heavy atom. The lowest BCUT2D eigenvalue weighted by atomic mass is 10.1. The molecular formula is C23H20N4O12S3. The van der Waals surface area contributed by atoms with E-state index in [2.05, 4.69) is 31.2 Å². The minimum absolute atomic E-state index is 0.00434. The monoisotopic (exact) mass is 640 g/mol. The second-order valence-corrected chi connectivity index (χ2v) is 13.1. The van der Waals surface area contributed by atoms with E-state index in [4.69, 9.17) is 4.55 Å². The number of hydrogen-bond donors (Lipinski definition) is 4. The third kappa shape index (κ3) is 8.01. The van der Waals surface area contributed by atoms with Crippen LogP contribution in [-0.4, -0.2) is 63.5 Å². The van der Waals surface area contributed by atoms with Crippen molar-refractivity contribution in [2.24, 2.45) is 20.5 Å². The van der Waals surface area contributed by atoms with Crippen LogP contribution in [0.15, 0.2) is 96.8 Å². The predicted molar refractivity (Wildman–Crippen MR) is 145 cm³/mol. The molecule has 3 aromatic carbocycles. The molecule has 0 unspecified atom stereocenters. The molecule has 16 nitrogen and oxygen atoms in total. The van der Waals surface area contributed by atoms with Gasteiger partial charge in [0, 0.05) is 5.41 Å². The topological polar surface area (TPSA) is 259 Å². The van der Waals surface area contributed by atoms with Crippen LogP contribution in [0, 0.1) is 0 Å². The molecule has 0 saturated heterocycles. The molecule has 0 fully saturated rings. The van der Waals surface area contributed by atoms with Gasteiger partial charge in [-0.1, -0.05) is 6.58 Å². The van der Waals surface area contributed by atoms with Crippen LogP contribution in [0.25, 0.3) is 0 Å². The first kappa shape index (κ1) is 32.0.